The first-order valence-corrected chi connectivity index (χ1v) is 5.95. The van der Waals surface area contributed by atoms with Crippen LogP contribution in [-0.2, 0) is 0 Å². The van der Waals surface area contributed by atoms with Gasteiger partial charge in [-0.1, -0.05) is 25.4 Å². The molecule has 0 aliphatic carbocycles. The zero-order valence-electron chi connectivity index (χ0n) is 9.48. The lowest BCUT2D eigenvalue weighted by Gasteiger charge is -2.21. The first-order chi connectivity index (χ1) is 7.58. The van der Waals surface area contributed by atoms with Crippen LogP contribution in [0.3, 0.4) is 0 Å². The molecule has 1 aliphatic rings. The summed E-state index contributed by atoms with van der Waals surface area (Å²) in [5.74, 6) is 0.144. The summed E-state index contributed by atoms with van der Waals surface area (Å²) in [7, 11) is 0. The van der Waals surface area contributed by atoms with Gasteiger partial charge in [0.2, 0.25) is 0 Å². The van der Waals surface area contributed by atoms with Crippen molar-refractivity contribution in [1.29, 1.82) is 0 Å². The molecule has 1 atom stereocenters. The SMILES string of the molecule is CC(C)C1CCNc2cc(Cl)c(F)cc2N1. The zero-order chi connectivity index (χ0) is 11.7. The van der Waals surface area contributed by atoms with Crippen molar-refractivity contribution in [3.63, 3.8) is 0 Å². The molecule has 0 aromatic heterocycles. The van der Waals surface area contributed by atoms with E-state index in [1.54, 1.807) is 6.07 Å². The summed E-state index contributed by atoms with van der Waals surface area (Å²) in [5.41, 5.74) is 1.69. The molecule has 0 fully saturated rings. The average molecular weight is 243 g/mol. The van der Waals surface area contributed by atoms with Crippen LogP contribution in [0.1, 0.15) is 20.3 Å². The van der Waals surface area contributed by atoms with Gasteiger partial charge in [0.15, 0.2) is 0 Å². The molecule has 1 aromatic carbocycles. The van der Waals surface area contributed by atoms with Crippen molar-refractivity contribution in [2.45, 2.75) is 26.3 Å². The molecule has 2 N–H and O–H groups in total. The third kappa shape index (κ3) is 2.24. The molecule has 0 saturated carbocycles. The highest BCUT2D eigenvalue weighted by Crippen LogP contribution is 2.32. The minimum Gasteiger partial charge on any atom is -0.383 e. The fourth-order valence-corrected chi connectivity index (χ4v) is 2.11. The summed E-state index contributed by atoms with van der Waals surface area (Å²) in [6.07, 6.45) is 1.02. The van der Waals surface area contributed by atoms with Gasteiger partial charge in [0.1, 0.15) is 5.82 Å². The van der Waals surface area contributed by atoms with E-state index in [1.807, 2.05) is 0 Å². The van der Waals surface area contributed by atoms with Gasteiger partial charge >= 0.3 is 0 Å². The van der Waals surface area contributed by atoms with Crippen molar-refractivity contribution in [3.05, 3.63) is 23.0 Å². The van der Waals surface area contributed by atoms with Crippen molar-refractivity contribution >= 4 is 23.0 Å². The number of benzene rings is 1. The lowest BCUT2D eigenvalue weighted by Crippen LogP contribution is -2.25. The molecule has 0 spiro atoms. The van der Waals surface area contributed by atoms with Crippen molar-refractivity contribution in [2.24, 2.45) is 5.92 Å². The number of anilines is 2. The molecule has 2 nitrogen and oxygen atoms in total. The Kier molecular flexibility index (Phi) is 3.24. The third-order valence-electron chi connectivity index (χ3n) is 2.98. The molecule has 1 aromatic rings. The molecule has 2 rings (SSSR count). The van der Waals surface area contributed by atoms with E-state index < -0.39 is 0 Å². The van der Waals surface area contributed by atoms with Gasteiger partial charge in [-0.3, -0.25) is 0 Å². The molecule has 0 radical (unpaired) electrons. The number of hydrogen-bond donors (Lipinski definition) is 2. The van der Waals surface area contributed by atoms with Crippen molar-refractivity contribution in [3.8, 4) is 0 Å². The van der Waals surface area contributed by atoms with Gasteiger partial charge in [0, 0.05) is 18.7 Å². The van der Waals surface area contributed by atoms with Crippen LogP contribution in [0.4, 0.5) is 15.8 Å². The van der Waals surface area contributed by atoms with Gasteiger partial charge in [-0.05, 0) is 18.4 Å². The molecule has 16 heavy (non-hydrogen) atoms. The second-order valence-corrected chi connectivity index (χ2v) is 4.93. The van der Waals surface area contributed by atoms with Gasteiger partial charge in [-0.2, -0.15) is 0 Å². The smallest absolute Gasteiger partial charge is 0.143 e. The quantitative estimate of drug-likeness (QED) is 0.784. The van der Waals surface area contributed by atoms with E-state index in [1.165, 1.54) is 6.07 Å². The highest BCUT2D eigenvalue weighted by molar-refractivity contribution is 6.31. The topological polar surface area (TPSA) is 24.1 Å². The normalized spacial score (nSPS) is 19.7. The van der Waals surface area contributed by atoms with E-state index in [0.717, 1.165) is 24.3 Å². The molecule has 4 heteroatoms. The first kappa shape index (κ1) is 11.5. The molecular weight excluding hydrogens is 227 g/mol. The molecule has 1 aliphatic heterocycles. The molecular formula is C12H16ClFN2. The molecule has 0 amide bonds. The molecule has 88 valence electrons. The fourth-order valence-electron chi connectivity index (χ4n) is 1.95. The minimum atomic E-state index is -0.376. The summed E-state index contributed by atoms with van der Waals surface area (Å²) < 4.78 is 13.4. The summed E-state index contributed by atoms with van der Waals surface area (Å²) in [6.45, 7) is 5.20. The maximum absolute atomic E-state index is 13.4. The number of fused-ring (bicyclic) bond motifs is 1. The van der Waals surface area contributed by atoms with Gasteiger partial charge < -0.3 is 10.6 Å². The van der Waals surface area contributed by atoms with Crippen LogP contribution in [0.5, 0.6) is 0 Å². The van der Waals surface area contributed by atoms with Crippen LogP contribution in [0.2, 0.25) is 5.02 Å². The van der Waals surface area contributed by atoms with E-state index >= 15 is 0 Å². The van der Waals surface area contributed by atoms with Crippen molar-refractivity contribution < 1.29 is 4.39 Å². The van der Waals surface area contributed by atoms with E-state index in [-0.39, 0.29) is 10.8 Å². The van der Waals surface area contributed by atoms with Crippen LogP contribution < -0.4 is 10.6 Å². The largest absolute Gasteiger partial charge is 0.383 e. The van der Waals surface area contributed by atoms with E-state index in [2.05, 4.69) is 24.5 Å². The Bertz CT molecular complexity index is 393. The number of nitrogens with one attached hydrogen (secondary N) is 2. The molecule has 0 bridgehead atoms. The monoisotopic (exact) mass is 242 g/mol. The van der Waals surface area contributed by atoms with Gasteiger partial charge in [-0.25, -0.2) is 4.39 Å². The zero-order valence-corrected chi connectivity index (χ0v) is 10.2. The van der Waals surface area contributed by atoms with Gasteiger partial charge in [-0.15, -0.1) is 0 Å². The standard InChI is InChI=1S/C12H16ClFN2/c1-7(2)10-3-4-15-11-5-8(13)9(14)6-12(11)16-10/h5-7,10,15-16H,3-4H2,1-2H3. The number of halogens is 2. The second kappa shape index (κ2) is 4.50. The van der Waals surface area contributed by atoms with Crippen molar-refractivity contribution in [1.82, 2.24) is 0 Å². The number of hydrogen-bond acceptors (Lipinski definition) is 2. The Morgan fingerprint density at radius 1 is 1.38 bits per heavy atom. The first-order valence-electron chi connectivity index (χ1n) is 5.57. The Labute approximate surface area is 100 Å². The molecule has 1 unspecified atom stereocenters. The fraction of sp³-hybridized carbons (Fsp3) is 0.500. The van der Waals surface area contributed by atoms with Crippen LogP contribution in [0, 0.1) is 11.7 Å². The Morgan fingerprint density at radius 2 is 2.12 bits per heavy atom. The summed E-state index contributed by atoms with van der Waals surface area (Å²) in [5, 5.41) is 6.79. The summed E-state index contributed by atoms with van der Waals surface area (Å²) in [4.78, 5) is 0. The highest BCUT2D eigenvalue weighted by atomic mass is 35.5. The maximum Gasteiger partial charge on any atom is 0.143 e. The summed E-state index contributed by atoms with van der Waals surface area (Å²) in [6, 6.07) is 3.47. The average Bonchev–Trinajstić information content (AvgIpc) is 2.41. The Hall–Kier alpha value is -0.960. The van der Waals surface area contributed by atoms with Crippen molar-refractivity contribution in [2.75, 3.05) is 17.2 Å². The van der Waals surface area contributed by atoms with Gasteiger partial charge in [0.05, 0.1) is 16.4 Å². The second-order valence-electron chi connectivity index (χ2n) is 4.52. The number of rotatable bonds is 1. The minimum absolute atomic E-state index is 0.163. The van der Waals surface area contributed by atoms with E-state index in [9.17, 15) is 4.39 Å². The van der Waals surface area contributed by atoms with Crippen LogP contribution in [0.15, 0.2) is 12.1 Å². The van der Waals surface area contributed by atoms with Crippen LogP contribution in [0.25, 0.3) is 0 Å². The third-order valence-corrected chi connectivity index (χ3v) is 3.27. The Morgan fingerprint density at radius 3 is 2.81 bits per heavy atom. The maximum atomic E-state index is 13.4. The van der Waals surface area contributed by atoms with Crippen LogP contribution in [-0.4, -0.2) is 12.6 Å². The van der Waals surface area contributed by atoms with Gasteiger partial charge in [0.25, 0.3) is 0 Å². The lowest BCUT2D eigenvalue weighted by molar-refractivity contribution is 0.507. The molecule has 1 heterocycles. The Balaban J connectivity index is 2.33. The van der Waals surface area contributed by atoms with E-state index in [0.29, 0.717) is 12.0 Å². The van der Waals surface area contributed by atoms with E-state index in [4.69, 9.17) is 11.6 Å². The highest BCUT2D eigenvalue weighted by Gasteiger charge is 2.19. The predicted octanol–water partition coefficient (Wildman–Crippen LogP) is 3.73. The molecule has 0 saturated heterocycles. The van der Waals surface area contributed by atoms with Crippen LogP contribution >= 0.6 is 11.6 Å². The predicted molar refractivity (Wildman–Crippen MR) is 66.8 cm³/mol. The lowest BCUT2D eigenvalue weighted by atomic mass is 10.0. The summed E-state index contributed by atoms with van der Waals surface area (Å²) >= 11 is 5.76.